The first kappa shape index (κ1) is 9.40. The van der Waals surface area contributed by atoms with Crippen LogP contribution in [0.1, 0.15) is 0 Å². The maximum atomic E-state index is 13.0. The van der Waals surface area contributed by atoms with Crippen LogP contribution in [0.5, 0.6) is 5.75 Å². The van der Waals surface area contributed by atoms with E-state index in [4.69, 9.17) is 11.2 Å². The fourth-order valence-corrected chi connectivity index (χ4v) is 0.913. The molecule has 0 saturated carbocycles. The van der Waals surface area contributed by atoms with Crippen molar-refractivity contribution in [3.63, 3.8) is 0 Å². The van der Waals surface area contributed by atoms with Crippen LogP contribution < -0.4 is 10.1 Å². The molecular formula is C10H10FNO. The normalized spacial score (nSPS) is 9.00. The Balaban J connectivity index is 2.85. The van der Waals surface area contributed by atoms with Crippen molar-refractivity contribution in [3.8, 4) is 18.1 Å². The van der Waals surface area contributed by atoms with Crippen LogP contribution in [0.3, 0.4) is 0 Å². The Labute approximate surface area is 76.7 Å². The molecule has 0 saturated heterocycles. The Morgan fingerprint density at radius 3 is 3.00 bits per heavy atom. The summed E-state index contributed by atoms with van der Waals surface area (Å²) in [5.74, 6) is 2.62. The van der Waals surface area contributed by atoms with Crippen LogP contribution in [0.15, 0.2) is 18.2 Å². The van der Waals surface area contributed by atoms with Gasteiger partial charge in [-0.25, -0.2) is 4.39 Å². The zero-order valence-corrected chi connectivity index (χ0v) is 7.30. The molecule has 1 rings (SSSR count). The molecule has 0 fully saturated rings. The maximum Gasteiger partial charge on any atom is 0.146 e. The molecule has 0 amide bonds. The highest BCUT2D eigenvalue weighted by atomic mass is 19.1. The molecule has 0 aliphatic heterocycles. The van der Waals surface area contributed by atoms with Crippen LogP contribution >= 0.6 is 0 Å². The zero-order chi connectivity index (χ0) is 9.68. The number of hydrogen-bond acceptors (Lipinski definition) is 2. The molecule has 3 heteroatoms. The van der Waals surface area contributed by atoms with Gasteiger partial charge in [0.05, 0.1) is 19.3 Å². The number of ether oxygens (including phenoxy) is 1. The Morgan fingerprint density at radius 1 is 1.62 bits per heavy atom. The summed E-state index contributed by atoms with van der Waals surface area (Å²) in [5, 5.41) is 2.75. The van der Waals surface area contributed by atoms with Crippen molar-refractivity contribution < 1.29 is 9.13 Å². The van der Waals surface area contributed by atoms with Crippen molar-refractivity contribution in [2.75, 3.05) is 19.0 Å². The van der Waals surface area contributed by atoms with Crippen molar-refractivity contribution in [1.82, 2.24) is 0 Å². The van der Waals surface area contributed by atoms with Crippen LogP contribution in [0.4, 0.5) is 10.1 Å². The van der Waals surface area contributed by atoms with Crippen LogP contribution in [-0.2, 0) is 0 Å². The van der Waals surface area contributed by atoms with Crippen LogP contribution in [0.25, 0.3) is 0 Å². The molecular weight excluding hydrogens is 169 g/mol. The van der Waals surface area contributed by atoms with Gasteiger partial charge in [-0.15, -0.1) is 6.42 Å². The van der Waals surface area contributed by atoms with Gasteiger partial charge in [0.25, 0.3) is 0 Å². The first-order valence-corrected chi connectivity index (χ1v) is 3.79. The number of terminal acetylenes is 1. The van der Waals surface area contributed by atoms with Gasteiger partial charge in [0.2, 0.25) is 0 Å². The number of hydrogen-bond donors (Lipinski definition) is 1. The lowest BCUT2D eigenvalue weighted by Crippen LogP contribution is -2.00. The van der Waals surface area contributed by atoms with Gasteiger partial charge >= 0.3 is 0 Å². The molecule has 13 heavy (non-hydrogen) atoms. The average Bonchev–Trinajstić information content (AvgIpc) is 2.17. The SMILES string of the molecule is C#CCNc1cc(OC)ccc1F. The summed E-state index contributed by atoms with van der Waals surface area (Å²) < 4.78 is 18.0. The molecule has 0 aromatic heterocycles. The molecule has 0 bridgehead atoms. The number of rotatable bonds is 3. The van der Waals surface area contributed by atoms with Crippen molar-refractivity contribution >= 4 is 5.69 Å². The lowest BCUT2D eigenvalue weighted by atomic mass is 10.3. The quantitative estimate of drug-likeness (QED) is 0.715. The smallest absolute Gasteiger partial charge is 0.146 e. The fraction of sp³-hybridized carbons (Fsp3) is 0.200. The summed E-state index contributed by atoms with van der Waals surface area (Å²) in [7, 11) is 1.53. The van der Waals surface area contributed by atoms with Gasteiger partial charge in [-0.2, -0.15) is 0 Å². The summed E-state index contributed by atoms with van der Waals surface area (Å²) in [5.41, 5.74) is 0.359. The minimum absolute atomic E-state index is 0.296. The predicted molar refractivity (Wildman–Crippen MR) is 50.3 cm³/mol. The van der Waals surface area contributed by atoms with E-state index in [9.17, 15) is 4.39 Å². The maximum absolute atomic E-state index is 13.0. The molecule has 0 unspecified atom stereocenters. The molecule has 2 nitrogen and oxygen atoms in total. The summed E-state index contributed by atoms with van der Waals surface area (Å²) in [6, 6.07) is 4.45. The summed E-state index contributed by atoms with van der Waals surface area (Å²) in [6.07, 6.45) is 5.03. The Hall–Kier alpha value is -1.69. The van der Waals surface area contributed by atoms with E-state index in [1.165, 1.54) is 13.2 Å². The first-order valence-electron chi connectivity index (χ1n) is 3.79. The van der Waals surface area contributed by atoms with Gasteiger partial charge in [-0.1, -0.05) is 5.92 Å². The van der Waals surface area contributed by atoms with E-state index in [1.54, 1.807) is 12.1 Å². The second-order valence-electron chi connectivity index (χ2n) is 2.40. The van der Waals surface area contributed by atoms with Crippen molar-refractivity contribution in [1.29, 1.82) is 0 Å². The van der Waals surface area contributed by atoms with Crippen LogP contribution in [0.2, 0.25) is 0 Å². The van der Waals surface area contributed by atoms with Crippen LogP contribution in [0, 0.1) is 18.2 Å². The Bertz CT molecular complexity index is 330. The number of halogens is 1. The number of anilines is 1. The van der Waals surface area contributed by atoms with E-state index in [-0.39, 0.29) is 5.82 Å². The second-order valence-corrected chi connectivity index (χ2v) is 2.40. The largest absolute Gasteiger partial charge is 0.497 e. The topological polar surface area (TPSA) is 21.3 Å². The highest BCUT2D eigenvalue weighted by Gasteiger charge is 2.01. The van der Waals surface area contributed by atoms with Gasteiger partial charge in [-0.05, 0) is 12.1 Å². The minimum Gasteiger partial charge on any atom is -0.497 e. The number of nitrogens with one attached hydrogen (secondary N) is 1. The molecule has 68 valence electrons. The third-order valence-corrected chi connectivity index (χ3v) is 1.55. The standard InChI is InChI=1S/C10H10FNO/c1-3-6-12-10-7-8(13-2)4-5-9(10)11/h1,4-5,7,12H,6H2,2H3. The first-order chi connectivity index (χ1) is 6.27. The Morgan fingerprint density at radius 2 is 2.38 bits per heavy atom. The third kappa shape index (κ3) is 2.38. The zero-order valence-electron chi connectivity index (χ0n) is 7.30. The van der Waals surface area contributed by atoms with E-state index >= 15 is 0 Å². The monoisotopic (exact) mass is 179 g/mol. The van der Waals surface area contributed by atoms with Gasteiger partial charge in [0.15, 0.2) is 0 Å². The highest BCUT2D eigenvalue weighted by Crippen LogP contribution is 2.20. The van der Waals surface area contributed by atoms with Gasteiger partial charge < -0.3 is 10.1 Å². The third-order valence-electron chi connectivity index (χ3n) is 1.55. The number of methoxy groups -OCH3 is 1. The predicted octanol–water partition coefficient (Wildman–Crippen LogP) is 1.88. The number of benzene rings is 1. The second kappa shape index (κ2) is 4.36. The molecule has 0 atom stereocenters. The van der Waals surface area contributed by atoms with E-state index in [0.717, 1.165) is 0 Å². The Kier molecular flexibility index (Phi) is 3.15. The van der Waals surface area contributed by atoms with Gasteiger partial charge in [0, 0.05) is 6.07 Å². The molecule has 0 spiro atoms. The van der Waals surface area contributed by atoms with Crippen molar-refractivity contribution in [3.05, 3.63) is 24.0 Å². The highest BCUT2D eigenvalue weighted by molar-refractivity contribution is 5.50. The van der Waals surface area contributed by atoms with E-state index in [0.29, 0.717) is 18.0 Å². The lowest BCUT2D eigenvalue weighted by Gasteiger charge is -2.06. The van der Waals surface area contributed by atoms with E-state index in [2.05, 4.69) is 11.2 Å². The van der Waals surface area contributed by atoms with Crippen LogP contribution in [-0.4, -0.2) is 13.7 Å². The summed E-state index contributed by atoms with van der Waals surface area (Å²) >= 11 is 0. The lowest BCUT2D eigenvalue weighted by molar-refractivity contribution is 0.414. The summed E-state index contributed by atoms with van der Waals surface area (Å²) in [6.45, 7) is 0.296. The molecule has 0 radical (unpaired) electrons. The molecule has 0 aliphatic rings. The molecule has 0 heterocycles. The van der Waals surface area contributed by atoms with Gasteiger partial charge in [0.1, 0.15) is 11.6 Å². The average molecular weight is 179 g/mol. The summed E-state index contributed by atoms with van der Waals surface area (Å²) in [4.78, 5) is 0. The molecule has 1 aromatic carbocycles. The fourth-order valence-electron chi connectivity index (χ4n) is 0.913. The van der Waals surface area contributed by atoms with E-state index in [1.807, 2.05) is 0 Å². The van der Waals surface area contributed by atoms with E-state index < -0.39 is 0 Å². The van der Waals surface area contributed by atoms with Gasteiger partial charge in [-0.3, -0.25) is 0 Å². The van der Waals surface area contributed by atoms with Crippen molar-refractivity contribution in [2.24, 2.45) is 0 Å². The molecule has 1 N–H and O–H groups in total. The molecule has 0 aliphatic carbocycles. The van der Waals surface area contributed by atoms with Crippen molar-refractivity contribution in [2.45, 2.75) is 0 Å². The molecule has 1 aromatic rings. The minimum atomic E-state index is -0.337.